The monoisotopic (exact) mass is 370 g/mol. The molecule has 0 aliphatic carbocycles. The second-order valence-corrected chi connectivity index (χ2v) is 6.40. The third-order valence-corrected chi connectivity index (χ3v) is 4.47. The highest BCUT2D eigenvalue weighted by molar-refractivity contribution is 7.09. The number of nitrogens with zero attached hydrogens (tertiary/aromatic N) is 1. The van der Waals surface area contributed by atoms with E-state index < -0.39 is 0 Å². The lowest BCUT2D eigenvalue weighted by molar-refractivity contribution is 0.0953. The van der Waals surface area contributed by atoms with Crippen molar-refractivity contribution in [2.75, 3.05) is 7.11 Å². The highest BCUT2D eigenvalue weighted by Crippen LogP contribution is 2.28. The Morgan fingerprint density at radius 1 is 1.31 bits per heavy atom. The van der Waals surface area contributed by atoms with Gasteiger partial charge in [0.25, 0.3) is 5.91 Å². The molecule has 1 amide bonds. The summed E-state index contributed by atoms with van der Waals surface area (Å²) in [6, 6.07) is 11.0. The van der Waals surface area contributed by atoms with E-state index in [1.807, 2.05) is 29.6 Å². The van der Waals surface area contributed by atoms with Crippen molar-refractivity contribution in [1.29, 1.82) is 0 Å². The average molecular weight is 370 g/mol. The predicted molar refractivity (Wildman–Crippen MR) is 100 cm³/mol. The lowest BCUT2D eigenvalue weighted by Crippen LogP contribution is -2.17. The Bertz CT molecular complexity index is 900. The van der Waals surface area contributed by atoms with Crippen LogP contribution in [-0.2, 0) is 6.61 Å². The fraction of sp³-hybridized carbons (Fsp3) is 0.158. The van der Waals surface area contributed by atoms with Gasteiger partial charge in [-0.25, -0.2) is 5.43 Å². The van der Waals surface area contributed by atoms with Crippen molar-refractivity contribution in [3.8, 4) is 11.5 Å². The Balaban J connectivity index is 1.63. The molecule has 0 saturated heterocycles. The fourth-order valence-electron chi connectivity index (χ4n) is 2.27. The molecule has 2 heterocycles. The van der Waals surface area contributed by atoms with Crippen molar-refractivity contribution in [1.82, 2.24) is 5.43 Å². The predicted octanol–water partition coefficient (Wildman–Crippen LogP) is 4.00. The van der Waals surface area contributed by atoms with Crippen LogP contribution in [0.4, 0.5) is 0 Å². The van der Waals surface area contributed by atoms with E-state index in [4.69, 9.17) is 13.9 Å². The number of hydrogen-bond acceptors (Lipinski definition) is 6. The molecule has 134 valence electrons. The first-order valence-electron chi connectivity index (χ1n) is 7.88. The first-order chi connectivity index (χ1) is 12.7. The van der Waals surface area contributed by atoms with Crippen LogP contribution in [0.2, 0.25) is 0 Å². The Morgan fingerprint density at radius 2 is 2.19 bits per heavy atom. The summed E-state index contributed by atoms with van der Waals surface area (Å²) in [5.74, 6) is 1.47. The molecule has 0 atom stereocenters. The number of amides is 1. The molecular weight excluding hydrogens is 352 g/mol. The third kappa shape index (κ3) is 4.31. The number of aryl methyl sites for hydroxylation is 1. The number of furan rings is 1. The van der Waals surface area contributed by atoms with Crippen molar-refractivity contribution in [3.05, 3.63) is 69.8 Å². The van der Waals surface area contributed by atoms with Gasteiger partial charge in [-0.1, -0.05) is 6.07 Å². The number of ether oxygens (including phenoxy) is 2. The minimum absolute atomic E-state index is 0.324. The summed E-state index contributed by atoms with van der Waals surface area (Å²) >= 11 is 1.64. The Kier molecular flexibility index (Phi) is 5.70. The number of rotatable bonds is 7. The van der Waals surface area contributed by atoms with Gasteiger partial charge >= 0.3 is 0 Å². The smallest absolute Gasteiger partial charge is 0.274 e. The molecule has 7 heteroatoms. The van der Waals surface area contributed by atoms with Crippen LogP contribution in [0.5, 0.6) is 11.5 Å². The number of carbonyl (C=O) groups is 1. The van der Waals surface area contributed by atoms with Crippen LogP contribution in [0.3, 0.4) is 0 Å². The molecule has 0 radical (unpaired) electrons. The van der Waals surface area contributed by atoms with Crippen molar-refractivity contribution in [2.45, 2.75) is 13.5 Å². The molecule has 0 unspecified atom stereocenters. The van der Waals surface area contributed by atoms with E-state index in [0.717, 1.165) is 10.4 Å². The van der Waals surface area contributed by atoms with Crippen LogP contribution < -0.4 is 14.9 Å². The summed E-state index contributed by atoms with van der Waals surface area (Å²) in [4.78, 5) is 13.1. The second kappa shape index (κ2) is 8.35. The fourth-order valence-corrected chi connectivity index (χ4v) is 2.89. The van der Waals surface area contributed by atoms with Gasteiger partial charge in [-0.3, -0.25) is 4.79 Å². The van der Waals surface area contributed by atoms with E-state index in [1.54, 1.807) is 43.7 Å². The molecule has 0 aliphatic heterocycles. The third-order valence-electron chi connectivity index (χ3n) is 3.62. The maximum absolute atomic E-state index is 12.0. The lowest BCUT2D eigenvalue weighted by atomic mass is 10.2. The van der Waals surface area contributed by atoms with Crippen LogP contribution in [0, 0.1) is 6.92 Å². The van der Waals surface area contributed by atoms with E-state index in [1.165, 1.54) is 6.26 Å². The van der Waals surface area contributed by atoms with Crippen LogP contribution in [0.15, 0.2) is 57.6 Å². The molecule has 2 aromatic heterocycles. The van der Waals surface area contributed by atoms with Gasteiger partial charge in [0.05, 0.1) is 25.2 Å². The quantitative estimate of drug-likeness (QED) is 0.504. The number of carbonyl (C=O) groups excluding carboxylic acids is 1. The van der Waals surface area contributed by atoms with Gasteiger partial charge in [0.1, 0.15) is 12.4 Å². The summed E-state index contributed by atoms with van der Waals surface area (Å²) in [5, 5.41) is 5.98. The summed E-state index contributed by atoms with van der Waals surface area (Å²) in [6.07, 6.45) is 3.01. The minimum Gasteiger partial charge on any atom is -0.493 e. The molecule has 26 heavy (non-hydrogen) atoms. The van der Waals surface area contributed by atoms with Crippen molar-refractivity contribution >= 4 is 23.5 Å². The zero-order valence-corrected chi connectivity index (χ0v) is 15.2. The molecular formula is C19H18N2O4S. The molecule has 6 nitrogen and oxygen atoms in total. The van der Waals surface area contributed by atoms with E-state index >= 15 is 0 Å². The van der Waals surface area contributed by atoms with Crippen molar-refractivity contribution in [3.63, 3.8) is 0 Å². The van der Waals surface area contributed by atoms with E-state index in [2.05, 4.69) is 10.5 Å². The van der Waals surface area contributed by atoms with Gasteiger partial charge in [-0.05, 0) is 48.2 Å². The average Bonchev–Trinajstić information content (AvgIpc) is 3.31. The summed E-state index contributed by atoms with van der Waals surface area (Å²) in [6.45, 7) is 2.21. The Labute approximate surface area is 155 Å². The molecule has 1 aromatic carbocycles. The Hall–Kier alpha value is -3.06. The van der Waals surface area contributed by atoms with Crippen molar-refractivity contribution in [2.24, 2.45) is 5.10 Å². The largest absolute Gasteiger partial charge is 0.493 e. The van der Waals surface area contributed by atoms with Gasteiger partial charge in [-0.15, -0.1) is 11.3 Å². The number of methoxy groups -OCH3 is 1. The standard InChI is InChI=1S/C19H18N2O4S/c1-13-16(7-8-24-13)19(22)21-20-11-14-5-6-17(18(10-14)23-2)25-12-15-4-3-9-26-15/h3-11H,12H2,1-2H3,(H,21,22)/b20-11-. The lowest BCUT2D eigenvalue weighted by Gasteiger charge is -2.10. The normalized spacial score (nSPS) is 10.8. The number of benzene rings is 1. The minimum atomic E-state index is -0.324. The Morgan fingerprint density at radius 3 is 2.88 bits per heavy atom. The second-order valence-electron chi connectivity index (χ2n) is 5.37. The van der Waals surface area contributed by atoms with Crippen LogP contribution >= 0.6 is 11.3 Å². The van der Waals surface area contributed by atoms with Crippen LogP contribution in [0.1, 0.15) is 26.6 Å². The molecule has 0 aliphatic rings. The number of thiophene rings is 1. The van der Waals surface area contributed by atoms with Crippen LogP contribution in [0.25, 0.3) is 0 Å². The topological polar surface area (TPSA) is 73.1 Å². The van der Waals surface area contributed by atoms with Gasteiger partial charge in [-0.2, -0.15) is 5.10 Å². The molecule has 3 aromatic rings. The summed E-state index contributed by atoms with van der Waals surface area (Å²) < 4.78 is 16.3. The maximum atomic E-state index is 12.0. The van der Waals surface area contributed by atoms with Gasteiger partial charge in [0, 0.05) is 4.88 Å². The summed E-state index contributed by atoms with van der Waals surface area (Å²) in [5.41, 5.74) is 3.70. The van der Waals surface area contributed by atoms with Gasteiger partial charge in [0.15, 0.2) is 11.5 Å². The molecule has 0 spiro atoms. The maximum Gasteiger partial charge on any atom is 0.274 e. The number of hydrogen-bond donors (Lipinski definition) is 1. The van der Waals surface area contributed by atoms with Crippen LogP contribution in [-0.4, -0.2) is 19.2 Å². The van der Waals surface area contributed by atoms with E-state index in [9.17, 15) is 4.79 Å². The van der Waals surface area contributed by atoms with E-state index in [-0.39, 0.29) is 5.91 Å². The number of hydrazone groups is 1. The zero-order valence-electron chi connectivity index (χ0n) is 14.4. The SMILES string of the molecule is COc1cc(/C=N\NC(=O)c2ccoc2C)ccc1OCc1cccs1. The zero-order chi connectivity index (χ0) is 18.4. The van der Waals surface area contributed by atoms with E-state index in [0.29, 0.717) is 29.4 Å². The molecule has 3 rings (SSSR count). The summed E-state index contributed by atoms with van der Waals surface area (Å²) in [7, 11) is 1.58. The first-order valence-corrected chi connectivity index (χ1v) is 8.76. The highest BCUT2D eigenvalue weighted by Gasteiger charge is 2.10. The molecule has 0 bridgehead atoms. The van der Waals surface area contributed by atoms with Gasteiger partial charge in [0.2, 0.25) is 0 Å². The highest BCUT2D eigenvalue weighted by atomic mass is 32.1. The first kappa shape index (κ1) is 17.8. The number of nitrogens with one attached hydrogen (secondary N) is 1. The molecule has 0 saturated carbocycles. The molecule has 0 fully saturated rings. The van der Waals surface area contributed by atoms with Crippen molar-refractivity contribution < 1.29 is 18.7 Å². The molecule has 1 N–H and O–H groups in total. The van der Waals surface area contributed by atoms with Gasteiger partial charge < -0.3 is 13.9 Å².